The highest BCUT2D eigenvalue weighted by Crippen LogP contribution is 2.30. The molecule has 0 saturated heterocycles. The van der Waals surface area contributed by atoms with E-state index in [1.54, 1.807) is 0 Å². The first-order valence-corrected chi connectivity index (χ1v) is 4.02. The fourth-order valence-electron chi connectivity index (χ4n) is 1.71. The van der Waals surface area contributed by atoms with Crippen LogP contribution in [0.15, 0.2) is 23.5 Å². The molecule has 0 atom stereocenters. The summed E-state index contributed by atoms with van der Waals surface area (Å²) in [4.78, 5) is 10.4. The maximum Gasteiger partial charge on any atom is 0.0688 e. The summed E-state index contributed by atoms with van der Waals surface area (Å²) in [6, 6.07) is 6.07. The van der Waals surface area contributed by atoms with Gasteiger partial charge in [-0.3, -0.25) is 0 Å². The van der Waals surface area contributed by atoms with Gasteiger partial charge in [0.2, 0.25) is 0 Å². The predicted molar refractivity (Wildman–Crippen MR) is 48.0 cm³/mol. The molecule has 0 bridgehead atoms. The van der Waals surface area contributed by atoms with E-state index in [1.165, 1.54) is 10.6 Å². The van der Waals surface area contributed by atoms with Crippen molar-refractivity contribution in [3.63, 3.8) is 0 Å². The van der Waals surface area contributed by atoms with E-state index in [0.717, 1.165) is 24.2 Å². The summed E-state index contributed by atoms with van der Waals surface area (Å²) >= 11 is 0. The third kappa shape index (κ3) is 0.897. The standard InChI is InChI=1S/C9H10N2O/c1-7-3-2-4-8-5-6-11(10-12)9(7)8/h2-4H,5-6H2,1H3. The van der Waals surface area contributed by atoms with E-state index in [9.17, 15) is 4.91 Å². The molecule has 3 nitrogen and oxygen atoms in total. The summed E-state index contributed by atoms with van der Waals surface area (Å²) in [5.74, 6) is 0. The van der Waals surface area contributed by atoms with Crippen LogP contribution in [0, 0.1) is 11.8 Å². The summed E-state index contributed by atoms with van der Waals surface area (Å²) < 4.78 is 0. The molecule has 0 aromatic heterocycles. The highest BCUT2D eigenvalue weighted by atomic mass is 16.3. The fourth-order valence-corrected chi connectivity index (χ4v) is 1.71. The molecule has 3 heteroatoms. The minimum Gasteiger partial charge on any atom is -0.228 e. The summed E-state index contributed by atoms with van der Waals surface area (Å²) in [5, 5.41) is 4.51. The molecule has 1 aliphatic rings. The zero-order valence-electron chi connectivity index (χ0n) is 6.95. The number of rotatable bonds is 1. The Kier molecular flexibility index (Phi) is 1.57. The lowest BCUT2D eigenvalue weighted by atomic mass is 10.1. The van der Waals surface area contributed by atoms with Gasteiger partial charge < -0.3 is 0 Å². The number of aryl methyl sites for hydroxylation is 1. The van der Waals surface area contributed by atoms with Gasteiger partial charge in [0.15, 0.2) is 0 Å². The summed E-state index contributed by atoms with van der Waals surface area (Å²) in [5.41, 5.74) is 3.37. The zero-order chi connectivity index (χ0) is 8.55. The van der Waals surface area contributed by atoms with Crippen molar-refractivity contribution in [2.24, 2.45) is 5.29 Å². The molecule has 0 amide bonds. The van der Waals surface area contributed by atoms with Gasteiger partial charge in [0.05, 0.1) is 11.0 Å². The lowest BCUT2D eigenvalue weighted by molar-refractivity contribution is 0.882. The molecule has 62 valence electrons. The van der Waals surface area contributed by atoms with Crippen molar-refractivity contribution in [2.45, 2.75) is 13.3 Å². The second-order valence-electron chi connectivity index (χ2n) is 3.04. The van der Waals surface area contributed by atoms with Crippen LogP contribution >= 0.6 is 0 Å². The molecule has 1 aromatic rings. The van der Waals surface area contributed by atoms with Gasteiger partial charge in [-0.05, 0) is 24.5 Å². The van der Waals surface area contributed by atoms with E-state index in [-0.39, 0.29) is 0 Å². The van der Waals surface area contributed by atoms with Crippen LogP contribution in [0.1, 0.15) is 11.1 Å². The Labute approximate surface area is 70.9 Å². The third-order valence-corrected chi connectivity index (χ3v) is 2.27. The van der Waals surface area contributed by atoms with Crippen molar-refractivity contribution in [2.75, 3.05) is 11.6 Å². The molecular formula is C9H10N2O. The van der Waals surface area contributed by atoms with Crippen LogP contribution in [-0.4, -0.2) is 6.54 Å². The van der Waals surface area contributed by atoms with Crippen molar-refractivity contribution in [3.8, 4) is 0 Å². The van der Waals surface area contributed by atoms with Crippen LogP contribution in [-0.2, 0) is 6.42 Å². The fraction of sp³-hybridized carbons (Fsp3) is 0.333. The Morgan fingerprint density at radius 2 is 2.33 bits per heavy atom. The van der Waals surface area contributed by atoms with Crippen molar-refractivity contribution < 1.29 is 0 Å². The number of benzene rings is 1. The van der Waals surface area contributed by atoms with E-state index >= 15 is 0 Å². The van der Waals surface area contributed by atoms with E-state index < -0.39 is 0 Å². The molecule has 0 fully saturated rings. The second-order valence-corrected chi connectivity index (χ2v) is 3.04. The first kappa shape index (κ1) is 7.28. The largest absolute Gasteiger partial charge is 0.228 e. The lowest BCUT2D eigenvalue weighted by Crippen LogP contribution is -2.11. The number of hydrogen-bond acceptors (Lipinski definition) is 2. The number of hydrogen-bond donors (Lipinski definition) is 0. The van der Waals surface area contributed by atoms with Crippen molar-refractivity contribution in [3.05, 3.63) is 34.2 Å². The molecular weight excluding hydrogens is 152 g/mol. The van der Waals surface area contributed by atoms with Crippen molar-refractivity contribution in [1.82, 2.24) is 0 Å². The lowest BCUT2D eigenvalue weighted by Gasteiger charge is -2.09. The van der Waals surface area contributed by atoms with Gasteiger partial charge in [-0.15, -0.1) is 4.91 Å². The SMILES string of the molecule is Cc1cccc2c1N(N=O)CC2. The van der Waals surface area contributed by atoms with Gasteiger partial charge in [-0.2, -0.15) is 0 Å². The second kappa shape index (κ2) is 2.59. The van der Waals surface area contributed by atoms with Crippen LogP contribution in [0.4, 0.5) is 5.69 Å². The Balaban J connectivity index is 2.55. The van der Waals surface area contributed by atoms with Crippen LogP contribution in [0.5, 0.6) is 0 Å². The van der Waals surface area contributed by atoms with Crippen molar-refractivity contribution >= 4 is 5.69 Å². The third-order valence-electron chi connectivity index (χ3n) is 2.27. The molecule has 1 heterocycles. The predicted octanol–water partition coefficient (Wildman–Crippen LogP) is 2.04. The first-order valence-electron chi connectivity index (χ1n) is 4.02. The highest BCUT2D eigenvalue weighted by molar-refractivity contribution is 5.62. The minimum atomic E-state index is 0.726. The van der Waals surface area contributed by atoms with Crippen LogP contribution in [0.25, 0.3) is 0 Å². The summed E-state index contributed by atoms with van der Waals surface area (Å²) in [7, 11) is 0. The molecule has 2 rings (SSSR count). The number of nitrogens with zero attached hydrogens (tertiary/aromatic N) is 2. The van der Waals surface area contributed by atoms with Gasteiger partial charge in [0.25, 0.3) is 0 Å². The smallest absolute Gasteiger partial charge is 0.0688 e. The molecule has 1 aromatic carbocycles. The van der Waals surface area contributed by atoms with Gasteiger partial charge in [-0.25, -0.2) is 5.01 Å². The van der Waals surface area contributed by atoms with Gasteiger partial charge in [0, 0.05) is 6.54 Å². The van der Waals surface area contributed by atoms with E-state index in [0.29, 0.717) is 0 Å². The van der Waals surface area contributed by atoms with Gasteiger partial charge in [-0.1, -0.05) is 18.2 Å². The van der Waals surface area contributed by atoms with E-state index in [2.05, 4.69) is 5.29 Å². The Hall–Kier alpha value is -1.38. The van der Waals surface area contributed by atoms with Gasteiger partial charge in [0.1, 0.15) is 0 Å². The molecule has 0 spiro atoms. The number of para-hydroxylation sites is 1. The molecule has 0 saturated carbocycles. The Morgan fingerprint density at radius 3 is 3.08 bits per heavy atom. The average Bonchev–Trinajstić information content (AvgIpc) is 2.49. The maximum atomic E-state index is 10.4. The molecule has 0 aliphatic carbocycles. The monoisotopic (exact) mass is 162 g/mol. The zero-order valence-corrected chi connectivity index (χ0v) is 6.95. The normalized spacial score (nSPS) is 14.6. The summed E-state index contributed by atoms with van der Waals surface area (Å²) in [6.45, 7) is 2.73. The molecule has 0 unspecified atom stereocenters. The van der Waals surface area contributed by atoms with E-state index in [1.807, 2.05) is 25.1 Å². The van der Waals surface area contributed by atoms with Crippen LogP contribution in [0.3, 0.4) is 0 Å². The summed E-state index contributed by atoms with van der Waals surface area (Å²) in [6.07, 6.45) is 0.933. The maximum absolute atomic E-state index is 10.4. The Morgan fingerprint density at radius 1 is 1.50 bits per heavy atom. The number of fused-ring (bicyclic) bond motifs is 1. The van der Waals surface area contributed by atoms with Crippen molar-refractivity contribution in [1.29, 1.82) is 0 Å². The first-order chi connectivity index (χ1) is 5.83. The highest BCUT2D eigenvalue weighted by Gasteiger charge is 2.20. The number of nitroso groups, excluding NO2 is 1. The van der Waals surface area contributed by atoms with Crippen LogP contribution in [0.2, 0.25) is 0 Å². The average molecular weight is 162 g/mol. The Bertz CT molecular complexity index is 322. The molecule has 0 N–H and O–H groups in total. The van der Waals surface area contributed by atoms with Gasteiger partial charge >= 0.3 is 0 Å². The van der Waals surface area contributed by atoms with E-state index in [4.69, 9.17) is 0 Å². The number of anilines is 1. The topological polar surface area (TPSA) is 32.7 Å². The minimum absolute atomic E-state index is 0.726. The molecule has 0 radical (unpaired) electrons. The van der Waals surface area contributed by atoms with Crippen LogP contribution < -0.4 is 5.01 Å². The molecule has 1 aliphatic heterocycles. The molecule has 12 heavy (non-hydrogen) atoms. The quantitative estimate of drug-likeness (QED) is 0.592.